The van der Waals surface area contributed by atoms with Gasteiger partial charge in [-0.1, -0.05) is 158 Å². The first-order chi connectivity index (χ1) is 24.8. The third-order valence-electron chi connectivity index (χ3n) is 9.13. The van der Waals surface area contributed by atoms with Gasteiger partial charge in [-0.2, -0.15) is 0 Å². The molecule has 0 fully saturated rings. The topological polar surface area (TPSA) is 28.3 Å². The van der Waals surface area contributed by atoms with Gasteiger partial charge >= 0.3 is 0 Å². The minimum atomic E-state index is -0.995. The Morgan fingerprint density at radius 1 is 0.380 bits per heavy atom. The summed E-state index contributed by atoms with van der Waals surface area (Å²) >= 11 is 0. The Morgan fingerprint density at radius 2 is 0.660 bits per heavy atom. The highest BCUT2D eigenvalue weighted by atomic mass is 31.1. The van der Waals surface area contributed by atoms with Gasteiger partial charge in [-0.05, 0) is 49.2 Å². The van der Waals surface area contributed by atoms with Crippen molar-refractivity contribution in [2.24, 2.45) is 0 Å². The fourth-order valence-corrected chi connectivity index (χ4v) is 12.4. The Labute approximate surface area is 296 Å². The zero-order valence-corrected chi connectivity index (χ0v) is 30.0. The molecule has 0 bridgehead atoms. The van der Waals surface area contributed by atoms with Gasteiger partial charge in [0.25, 0.3) is 0 Å². The normalized spacial score (nSPS) is 11.7. The number of hydrogen-bond donors (Lipinski definition) is 0. The third-order valence-corrected chi connectivity index (χ3v) is 14.2. The number of methoxy groups -OCH3 is 2. The van der Waals surface area contributed by atoms with Crippen molar-refractivity contribution in [3.63, 3.8) is 0 Å². The summed E-state index contributed by atoms with van der Waals surface area (Å²) < 4.78 is 17.0. The monoisotopic (exact) mass is 688 g/mol. The lowest BCUT2D eigenvalue weighted by molar-refractivity contribution is 0.132. The van der Waals surface area contributed by atoms with Gasteiger partial charge < -0.3 is 18.6 Å². The highest BCUT2D eigenvalue weighted by molar-refractivity contribution is 7.81. The molecule has 6 aromatic carbocycles. The fraction of sp³-hybridized carbons (Fsp3) is 0.0909. The minimum Gasteiger partial charge on any atom is -0.364 e. The van der Waals surface area contributed by atoms with Crippen LogP contribution in [0.4, 0.5) is 0 Å². The van der Waals surface area contributed by atoms with E-state index < -0.39 is 15.8 Å². The van der Waals surface area contributed by atoms with Crippen molar-refractivity contribution in [2.75, 3.05) is 14.2 Å². The molecule has 2 aromatic heterocycles. The maximum absolute atomic E-state index is 6.08. The van der Waals surface area contributed by atoms with E-state index in [9.17, 15) is 0 Å². The first-order valence-electron chi connectivity index (χ1n) is 16.8. The van der Waals surface area contributed by atoms with E-state index in [0.717, 1.165) is 11.0 Å². The highest BCUT2D eigenvalue weighted by Crippen LogP contribution is 2.46. The summed E-state index contributed by atoms with van der Waals surface area (Å²) in [5, 5.41) is 10.3. The summed E-state index contributed by atoms with van der Waals surface area (Å²) in [6.45, 7) is 0.816. The molecular formula is C44H38N2O2P2. The van der Waals surface area contributed by atoms with Crippen molar-refractivity contribution < 1.29 is 9.47 Å². The zero-order chi connectivity index (χ0) is 33.9. The van der Waals surface area contributed by atoms with Crippen molar-refractivity contribution in [2.45, 2.75) is 13.5 Å². The quantitative estimate of drug-likeness (QED) is 0.129. The highest BCUT2D eigenvalue weighted by Gasteiger charge is 2.34. The number of para-hydroxylation sites is 2. The summed E-state index contributed by atoms with van der Waals surface area (Å²) in [7, 11) is 1.60. The minimum absolute atomic E-state index is 0.408. The van der Waals surface area contributed by atoms with Crippen molar-refractivity contribution in [1.82, 2.24) is 9.13 Å². The van der Waals surface area contributed by atoms with Crippen LogP contribution in [-0.4, -0.2) is 23.4 Å². The van der Waals surface area contributed by atoms with Gasteiger partial charge in [0.1, 0.15) is 13.5 Å². The van der Waals surface area contributed by atoms with Crippen LogP contribution in [0.1, 0.15) is 0 Å². The van der Waals surface area contributed by atoms with Crippen LogP contribution < -0.4 is 31.8 Å². The van der Waals surface area contributed by atoms with E-state index in [-0.39, 0.29) is 0 Å². The van der Waals surface area contributed by atoms with Gasteiger partial charge in [0.05, 0.1) is 22.4 Å². The van der Waals surface area contributed by atoms with Crippen LogP contribution in [0.2, 0.25) is 0 Å². The molecular weight excluding hydrogens is 650 g/mol. The van der Waals surface area contributed by atoms with Crippen LogP contribution in [0.25, 0.3) is 33.2 Å². The molecule has 0 aliphatic heterocycles. The summed E-state index contributed by atoms with van der Waals surface area (Å²) in [5.74, 6) is 0. The van der Waals surface area contributed by atoms with Gasteiger partial charge in [-0.25, -0.2) is 0 Å². The maximum atomic E-state index is 6.08. The van der Waals surface area contributed by atoms with Crippen LogP contribution >= 0.6 is 15.8 Å². The number of rotatable bonds is 11. The molecule has 0 atom stereocenters. The maximum Gasteiger partial charge on any atom is 0.123 e. The molecule has 8 aromatic rings. The van der Waals surface area contributed by atoms with Crippen LogP contribution in [0, 0.1) is 0 Å². The Morgan fingerprint density at radius 3 is 0.960 bits per heavy atom. The van der Waals surface area contributed by atoms with Gasteiger partial charge in [0.15, 0.2) is 0 Å². The molecule has 6 heteroatoms. The second kappa shape index (κ2) is 14.6. The van der Waals surface area contributed by atoms with Crippen LogP contribution in [-0.2, 0) is 22.9 Å². The molecule has 246 valence electrons. The Balaban J connectivity index is 1.58. The summed E-state index contributed by atoms with van der Waals surface area (Å²) in [6.07, 6.45) is 0. The van der Waals surface area contributed by atoms with Crippen molar-refractivity contribution in [1.29, 1.82) is 0 Å². The Hall–Kier alpha value is -4.82. The second-order valence-corrected chi connectivity index (χ2v) is 16.4. The lowest BCUT2D eigenvalue weighted by Crippen LogP contribution is -2.27. The predicted octanol–water partition coefficient (Wildman–Crippen LogP) is 7.99. The largest absolute Gasteiger partial charge is 0.364 e. The van der Waals surface area contributed by atoms with E-state index in [1.165, 1.54) is 54.0 Å². The standard InChI is InChI=1S/C44H38N2O2P2/c1-47-31-45-39-29-17-15-27-37(39)43(49(33-19-7-3-8-20-33)34-21-9-4-10-22-34)41(45)42-44(38-28-16-18-30-40(38)46(42)32-48-2)50(35-23-11-5-12-24-35)36-25-13-6-14-26-36/h3-30H,31-32H2,1-2H3. The number of nitrogens with zero attached hydrogens (tertiary/aromatic N) is 2. The van der Waals surface area contributed by atoms with Crippen molar-refractivity contribution in [3.05, 3.63) is 170 Å². The molecule has 0 amide bonds. The molecule has 0 N–H and O–H groups in total. The lowest BCUT2D eigenvalue weighted by atomic mass is 10.2. The number of fused-ring (bicyclic) bond motifs is 2. The van der Waals surface area contributed by atoms with Crippen molar-refractivity contribution in [3.8, 4) is 11.4 Å². The van der Waals surface area contributed by atoms with Gasteiger partial charge in [-0.15, -0.1) is 0 Å². The smallest absolute Gasteiger partial charge is 0.123 e. The molecule has 0 saturated carbocycles. The van der Waals surface area contributed by atoms with Crippen LogP contribution in [0.15, 0.2) is 170 Å². The molecule has 4 nitrogen and oxygen atoms in total. The summed E-state index contributed by atoms with van der Waals surface area (Å²) in [4.78, 5) is 0. The van der Waals surface area contributed by atoms with E-state index in [4.69, 9.17) is 9.47 Å². The van der Waals surface area contributed by atoms with Gasteiger partial charge in [0, 0.05) is 35.6 Å². The molecule has 0 radical (unpaired) electrons. The zero-order valence-electron chi connectivity index (χ0n) is 28.2. The average Bonchev–Trinajstić information content (AvgIpc) is 3.66. The predicted molar refractivity (Wildman–Crippen MR) is 214 cm³/mol. The number of aromatic nitrogens is 2. The van der Waals surface area contributed by atoms with E-state index in [0.29, 0.717) is 13.5 Å². The molecule has 0 aliphatic rings. The average molecular weight is 689 g/mol. The molecule has 2 heterocycles. The summed E-state index contributed by atoms with van der Waals surface area (Å²) in [6, 6.07) is 61.8. The van der Waals surface area contributed by atoms with E-state index in [1.807, 2.05) is 0 Å². The fourth-order valence-electron chi connectivity index (χ4n) is 7.15. The Bertz CT molecular complexity index is 2110. The number of hydrogen-bond acceptors (Lipinski definition) is 2. The third kappa shape index (κ3) is 5.79. The van der Waals surface area contributed by atoms with Crippen LogP contribution in [0.5, 0.6) is 0 Å². The van der Waals surface area contributed by atoms with Gasteiger partial charge in [-0.3, -0.25) is 0 Å². The molecule has 0 unspecified atom stereocenters. The van der Waals surface area contributed by atoms with Gasteiger partial charge in [0.2, 0.25) is 0 Å². The second-order valence-electron chi connectivity index (χ2n) is 12.1. The first-order valence-corrected chi connectivity index (χ1v) is 19.5. The molecule has 0 saturated heterocycles. The summed E-state index contributed by atoms with van der Waals surface area (Å²) in [5.41, 5.74) is 4.66. The first kappa shape index (κ1) is 32.4. The Kier molecular flexibility index (Phi) is 9.44. The molecule has 0 aliphatic carbocycles. The molecule has 0 spiro atoms. The lowest BCUT2D eigenvalue weighted by Gasteiger charge is -2.25. The number of ether oxygens (including phenoxy) is 2. The van der Waals surface area contributed by atoms with E-state index >= 15 is 0 Å². The SMILES string of the molecule is COCn1c(-c2c(P(c3ccccc3)c3ccccc3)c3ccccc3n2COC)c(P(c2ccccc2)c2ccccc2)c2ccccc21. The van der Waals surface area contributed by atoms with E-state index in [2.05, 4.69) is 179 Å². The van der Waals surface area contributed by atoms with Crippen LogP contribution in [0.3, 0.4) is 0 Å². The molecule has 50 heavy (non-hydrogen) atoms. The van der Waals surface area contributed by atoms with E-state index in [1.54, 1.807) is 14.2 Å². The number of benzene rings is 6. The molecule has 8 rings (SSSR count). The van der Waals surface area contributed by atoms with Crippen molar-refractivity contribution >= 4 is 69.5 Å².